The maximum absolute atomic E-state index is 12.4. The highest BCUT2D eigenvalue weighted by Gasteiger charge is 2.33. The summed E-state index contributed by atoms with van der Waals surface area (Å²) in [7, 11) is 1.53. The van der Waals surface area contributed by atoms with Crippen molar-refractivity contribution in [3.63, 3.8) is 0 Å². The Balaban J connectivity index is 2.48. The number of nitrogens with zero attached hydrogens (tertiary/aromatic N) is 2. The van der Waals surface area contributed by atoms with E-state index in [0.717, 1.165) is 0 Å². The summed E-state index contributed by atoms with van der Waals surface area (Å²) in [5, 5.41) is 0. The molecule has 0 aliphatic carbocycles. The van der Waals surface area contributed by atoms with E-state index in [0.29, 0.717) is 19.3 Å². The van der Waals surface area contributed by atoms with Gasteiger partial charge in [0, 0.05) is 13.2 Å². The van der Waals surface area contributed by atoms with Crippen molar-refractivity contribution >= 4 is 5.95 Å². The first-order valence-corrected chi connectivity index (χ1v) is 5.34. The third-order valence-electron chi connectivity index (χ3n) is 1.92. The van der Waals surface area contributed by atoms with Crippen molar-refractivity contribution in [1.82, 2.24) is 9.97 Å². The van der Waals surface area contributed by atoms with Crippen molar-refractivity contribution in [2.45, 2.75) is 6.18 Å². The minimum Gasteiger partial charge on any atom is -0.475 e. The zero-order chi connectivity index (χ0) is 14.3. The van der Waals surface area contributed by atoms with Crippen molar-refractivity contribution in [1.29, 1.82) is 0 Å². The molecule has 0 radical (unpaired) electrons. The fraction of sp³-hybridized carbons (Fsp3) is 0.600. The van der Waals surface area contributed by atoms with Crippen molar-refractivity contribution in [3.05, 3.63) is 11.8 Å². The first kappa shape index (κ1) is 15.4. The molecule has 0 bridgehead atoms. The Labute approximate surface area is 107 Å². The fourth-order valence-electron chi connectivity index (χ4n) is 1.11. The number of aromatic nitrogens is 2. The first-order valence-electron chi connectivity index (χ1n) is 5.34. The monoisotopic (exact) mass is 281 g/mol. The molecule has 19 heavy (non-hydrogen) atoms. The molecule has 0 fully saturated rings. The Hall–Kier alpha value is -1.61. The molecule has 1 rings (SSSR count). The third-order valence-corrected chi connectivity index (χ3v) is 1.92. The number of halogens is 3. The van der Waals surface area contributed by atoms with Crippen LogP contribution in [0.5, 0.6) is 5.88 Å². The van der Waals surface area contributed by atoms with Crippen LogP contribution < -0.4 is 10.5 Å². The number of methoxy groups -OCH3 is 1. The first-order chi connectivity index (χ1) is 8.93. The van der Waals surface area contributed by atoms with Crippen LogP contribution in [0.1, 0.15) is 5.69 Å². The molecule has 0 amide bonds. The number of alkyl halides is 3. The Kier molecular flexibility index (Phi) is 5.77. The van der Waals surface area contributed by atoms with Crippen LogP contribution >= 0.6 is 0 Å². The lowest BCUT2D eigenvalue weighted by atomic mass is 10.4. The van der Waals surface area contributed by atoms with E-state index in [1.165, 1.54) is 7.11 Å². The van der Waals surface area contributed by atoms with Crippen LogP contribution in [0.4, 0.5) is 19.1 Å². The maximum Gasteiger partial charge on any atom is 0.433 e. The van der Waals surface area contributed by atoms with Gasteiger partial charge in [-0.1, -0.05) is 0 Å². The molecule has 1 heterocycles. The van der Waals surface area contributed by atoms with Crippen LogP contribution in [-0.4, -0.2) is 43.5 Å². The number of nitrogens with two attached hydrogens (primary N) is 1. The molecule has 9 heteroatoms. The molecule has 6 nitrogen and oxygen atoms in total. The lowest BCUT2D eigenvalue weighted by Crippen LogP contribution is -2.14. The van der Waals surface area contributed by atoms with Gasteiger partial charge in [-0.2, -0.15) is 18.2 Å². The van der Waals surface area contributed by atoms with Gasteiger partial charge in [0.2, 0.25) is 11.8 Å². The zero-order valence-electron chi connectivity index (χ0n) is 10.2. The molecule has 0 unspecified atom stereocenters. The van der Waals surface area contributed by atoms with E-state index in [-0.39, 0.29) is 19.1 Å². The smallest absolute Gasteiger partial charge is 0.433 e. The van der Waals surface area contributed by atoms with Gasteiger partial charge in [0.05, 0.1) is 19.8 Å². The van der Waals surface area contributed by atoms with Crippen molar-refractivity contribution in [3.8, 4) is 5.88 Å². The summed E-state index contributed by atoms with van der Waals surface area (Å²) in [5.74, 6) is -0.736. The molecule has 0 atom stereocenters. The van der Waals surface area contributed by atoms with Crippen molar-refractivity contribution < 1.29 is 27.4 Å². The summed E-state index contributed by atoms with van der Waals surface area (Å²) in [6.07, 6.45) is -4.59. The van der Waals surface area contributed by atoms with Gasteiger partial charge in [-0.3, -0.25) is 0 Å². The normalized spacial score (nSPS) is 11.6. The van der Waals surface area contributed by atoms with Gasteiger partial charge in [0.25, 0.3) is 0 Å². The highest BCUT2D eigenvalue weighted by Crippen LogP contribution is 2.29. The quantitative estimate of drug-likeness (QED) is 0.754. The third kappa shape index (κ3) is 5.71. The highest BCUT2D eigenvalue weighted by atomic mass is 19.4. The van der Waals surface area contributed by atoms with Crippen molar-refractivity contribution in [2.24, 2.45) is 0 Å². The average molecular weight is 281 g/mol. The molecular formula is C10H14F3N3O3. The Morgan fingerprint density at radius 3 is 2.47 bits per heavy atom. The second kappa shape index (κ2) is 7.10. The summed E-state index contributed by atoms with van der Waals surface area (Å²) in [6.45, 7) is 1.06. The molecular weight excluding hydrogens is 267 g/mol. The highest BCUT2D eigenvalue weighted by molar-refractivity contribution is 5.27. The topological polar surface area (TPSA) is 79.5 Å². The van der Waals surface area contributed by atoms with Gasteiger partial charge in [0.15, 0.2) is 5.69 Å². The Morgan fingerprint density at radius 1 is 1.16 bits per heavy atom. The SMILES string of the molecule is COCCOCCOc1cc(C(F)(F)F)nc(N)n1. The van der Waals surface area contributed by atoms with Crippen LogP contribution in [0.15, 0.2) is 6.07 Å². The van der Waals surface area contributed by atoms with Gasteiger partial charge in [-0.15, -0.1) is 0 Å². The molecule has 0 spiro atoms. The second-order valence-corrected chi connectivity index (χ2v) is 3.40. The van der Waals surface area contributed by atoms with Gasteiger partial charge >= 0.3 is 6.18 Å². The summed E-state index contributed by atoms with van der Waals surface area (Å²) < 4.78 is 52.1. The van der Waals surface area contributed by atoms with E-state index in [1.54, 1.807) is 0 Å². The van der Waals surface area contributed by atoms with E-state index >= 15 is 0 Å². The van der Waals surface area contributed by atoms with Gasteiger partial charge < -0.3 is 19.9 Å². The molecule has 1 aromatic heterocycles. The number of rotatable bonds is 7. The molecule has 2 N–H and O–H groups in total. The summed E-state index contributed by atoms with van der Waals surface area (Å²) in [5.41, 5.74) is 4.03. The van der Waals surface area contributed by atoms with Crippen molar-refractivity contribution in [2.75, 3.05) is 39.3 Å². The van der Waals surface area contributed by atoms with Crippen LogP contribution in [0.25, 0.3) is 0 Å². The van der Waals surface area contributed by atoms with Crippen LogP contribution in [0.3, 0.4) is 0 Å². The van der Waals surface area contributed by atoms with Gasteiger partial charge in [-0.25, -0.2) is 4.98 Å². The number of hydrogen-bond acceptors (Lipinski definition) is 6. The number of ether oxygens (including phenoxy) is 3. The second-order valence-electron chi connectivity index (χ2n) is 3.40. The van der Waals surface area contributed by atoms with E-state index in [1.807, 2.05) is 0 Å². The predicted octanol–water partition coefficient (Wildman–Crippen LogP) is 1.12. The summed E-state index contributed by atoms with van der Waals surface area (Å²) in [4.78, 5) is 6.63. The number of hydrogen-bond donors (Lipinski definition) is 1. The van der Waals surface area contributed by atoms with Gasteiger partial charge in [0.1, 0.15) is 6.61 Å². The van der Waals surface area contributed by atoms with Crippen LogP contribution in [-0.2, 0) is 15.7 Å². The predicted molar refractivity (Wildman–Crippen MR) is 59.6 cm³/mol. The minimum atomic E-state index is -4.59. The summed E-state index contributed by atoms with van der Waals surface area (Å²) >= 11 is 0. The van der Waals surface area contributed by atoms with E-state index < -0.39 is 17.8 Å². The van der Waals surface area contributed by atoms with Gasteiger partial charge in [-0.05, 0) is 0 Å². The largest absolute Gasteiger partial charge is 0.475 e. The summed E-state index contributed by atoms with van der Waals surface area (Å²) in [6, 6.07) is 0.686. The lowest BCUT2D eigenvalue weighted by molar-refractivity contribution is -0.141. The van der Waals surface area contributed by atoms with E-state index in [2.05, 4.69) is 9.97 Å². The minimum absolute atomic E-state index is 0.0530. The molecule has 0 aliphatic rings. The standard InChI is InChI=1S/C10H14F3N3O3/c1-17-2-3-18-4-5-19-8-6-7(10(11,12)13)15-9(14)16-8/h6H,2-5H2,1H3,(H2,14,15,16). The number of anilines is 1. The molecule has 0 aromatic carbocycles. The molecule has 0 aliphatic heterocycles. The molecule has 0 saturated heterocycles. The van der Waals surface area contributed by atoms with Crippen LogP contribution in [0.2, 0.25) is 0 Å². The Bertz CT molecular complexity index is 401. The zero-order valence-corrected chi connectivity index (χ0v) is 10.2. The lowest BCUT2D eigenvalue weighted by Gasteiger charge is -2.10. The number of nitrogen functional groups attached to an aromatic ring is 1. The molecule has 0 saturated carbocycles. The van der Waals surface area contributed by atoms with E-state index in [4.69, 9.17) is 19.9 Å². The fourth-order valence-corrected chi connectivity index (χ4v) is 1.11. The molecule has 1 aromatic rings. The van der Waals surface area contributed by atoms with E-state index in [9.17, 15) is 13.2 Å². The Morgan fingerprint density at radius 2 is 1.84 bits per heavy atom. The van der Waals surface area contributed by atoms with Crippen LogP contribution in [0, 0.1) is 0 Å². The molecule has 108 valence electrons. The maximum atomic E-state index is 12.4. The average Bonchev–Trinajstić information content (AvgIpc) is 2.32.